The van der Waals surface area contributed by atoms with Gasteiger partial charge in [-0.1, -0.05) is 18.2 Å². The van der Waals surface area contributed by atoms with E-state index in [1.807, 2.05) is 24.0 Å². The lowest BCUT2D eigenvalue weighted by Crippen LogP contribution is -2.66. The van der Waals surface area contributed by atoms with E-state index in [1.165, 1.54) is 6.07 Å². The van der Waals surface area contributed by atoms with Gasteiger partial charge in [0.05, 0.1) is 36.5 Å². The lowest BCUT2D eigenvalue weighted by Gasteiger charge is -2.56. The summed E-state index contributed by atoms with van der Waals surface area (Å²) in [5.74, 6) is -2.81. The molecule has 1 aromatic rings. The molecule has 4 aliphatic heterocycles. The van der Waals surface area contributed by atoms with Gasteiger partial charge in [0.25, 0.3) is 0 Å². The highest BCUT2D eigenvalue weighted by Gasteiger charge is 2.59. The van der Waals surface area contributed by atoms with Gasteiger partial charge in [-0.3, -0.25) is 9.68 Å². The molecule has 12 heteroatoms. The highest BCUT2D eigenvalue weighted by atomic mass is 16.8. The van der Waals surface area contributed by atoms with Crippen molar-refractivity contribution in [2.45, 2.75) is 153 Å². The topological polar surface area (TPSA) is 114 Å². The molecule has 4 fully saturated rings. The summed E-state index contributed by atoms with van der Waals surface area (Å²) in [6, 6.07) is 6.30. The molecule has 0 bridgehead atoms. The lowest BCUT2D eigenvalue weighted by molar-refractivity contribution is -0.345. The summed E-state index contributed by atoms with van der Waals surface area (Å²) in [4.78, 5) is 38.7. The molecule has 0 aromatic heterocycles. The zero-order valence-electron chi connectivity index (χ0n) is 32.8. The highest BCUT2D eigenvalue weighted by Crippen LogP contribution is 2.50. The third-order valence-electron chi connectivity index (χ3n) is 10.2. The molecule has 4 heterocycles. The second-order valence-corrected chi connectivity index (χ2v) is 17.3. The highest BCUT2D eigenvalue weighted by molar-refractivity contribution is 5.95. The summed E-state index contributed by atoms with van der Waals surface area (Å²) in [6.45, 7) is 29.0. The van der Waals surface area contributed by atoms with Crippen LogP contribution in [0.3, 0.4) is 0 Å². The second-order valence-electron chi connectivity index (χ2n) is 17.3. The zero-order valence-corrected chi connectivity index (χ0v) is 32.8. The number of hydroxylamine groups is 4. The van der Waals surface area contributed by atoms with Gasteiger partial charge >= 0.3 is 11.9 Å². The monoisotopic (exact) mass is 728 g/mol. The Morgan fingerprint density at radius 3 is 1.38 bits per heavy atom. The summed E-state index contributed by atoms with van der Waals surface area (Å²) in [5.41, 5.74) is -1.13. The van der Waals surface area contributed by atoms with E-state index in [4.69, 9.17) is 38.1 Å². The fraction of sp³-hybridized carbons (Fsp3) is 0.700. The van der Waals surface area contributed by atoms with Gasteiger partial charge in [0.15, 0.2) is 11.6 Å². The predicted molar refractivity (Wildman–Crippen MR) is 194 cm³/mol. The number of benzene rings is 1. The van der Waals surface area contributed by atoms with E-state index >= 15 is 0 Å². The van der Waals surface area contributed by atoms with Crippen LogP contribution < -0.4 is 0 Å². The molecule has 4 aliphatic rings. The Morgan fingerprint density at radius 2 is 1.06 bits per heavy atom. The van der Waals surface area contributed by atoms with Crippen LogP contribution in [0.4, 0.5) is 0 Å². The molecule has 0 saturated carbocycles. The maximum Gasteiger partial charge on any atom is 0.338 e. The van der Waals surface area contributed by atoms with Gasteiger partial charge in [0.2, 0.25) is 0 Å². The van der Waals surface area contributed by atoms with E-state index in [0.717, 1.165) is 0 Å². The first-order valence-corrected chi connectivity index (χ1v) is 18.4. The lowest BCUT2D eigenvalue weighted by atomic mass is 9.78. The van der Waals surface area contributed by atoms with Gasteiger partial charge in [0.1, 0.15) is 25.4 Å². The molecule has 4 unspecified atom stereocenters. The maximum atomic E-state index is 13.1. The molecular formula is C40H60N2O10. The van der Waals surface area contributed by atoms with Crippen LogP contribution in [0.25, 0.3) is 0 Å². The van der Waals surface area contributed by atoms with Crippen molar-refractivity contribution >= 4 is 11.9 Å². The molecule has 0 radical (unpaired) electrons. The Balaban J connectivity index is 1.12. The van der Waals surface area contributed by atoms with Gasteiger partial charge in [-0.05, 0) is 87.4 Å². The number of hydrogen-bond donors (Lipinski definition) is 0. The number of ether oxygens (including phenoxy) is 6. The molecule has 52 heavy (non-hydrogen) atoms. The van der Waals surface area contributed by atoms with E-state index < -0.39 is 57.9 Å². The Labute approximate surface area is 309 Å². The minimum atomic E-state index is -0.832. The summed E-state index contributed by atoms with van der Waals surface area (Å²) in [7, 11) is 0. The molecule has 0 aliphatic carbocycles. The van der Waals surface area contributed by atoms with Crippen molar-refractivity contribution in [2.75, 3.05) is 26.4 Å². The van der Waals surface area contributed by atoms with Crippen LogP contribution in [0.15, 0.2) is 49.6 Å². The van der Waals surface area contributed by atoms with Crippen molar-refractivity contribution in [1.82, 2.24) is 10.1 Å². The van der Waals surface area contributed by atoms with E-state index in [-0.39, 0.29) is 36.5 Å². The Morgan fingerprint density at radius 1 is 0.712 bits per heavy atom. The van der Waals surface area contributed by atoms with Crippen molar-refractivity contribution < 1.29 is 47.7 Å². The number of hydrogen-bond acceptors (Lipinski definition) is 12. The quantitative estimate of drug-likeness (QED) is 0.172. The van der Waals surface area contributed by atoms with Gasteiger partial charge in [-0.25, -0.2) is 9.59 Å². The average molecular weight is 729 g/mol. The first-order valence-electron chi connectivity index (χ1n) is 18.4. The molecule has 2 spiro atoms. The first-order chi connectivity index (χ1) is 24.1. The third kappa shape index (κ3) is 8.81. The molecular weight excluding hydrogens is 668 g/mol. The zero-order chi connectivity index (χ0) is 38.3. The molecule has 0 amide bonds. The van der Waals surface area contributed by atoms with Crippen LogP contribution in [-0.4, -0.2) is 107 Å². The van der Waals surface area contributed by atoms with Crippen molar-refractivity contribution in [3.8, 4) is 0 Å². The van der Waals surface area contributed by atoms with Gasteiger partial charge in [-0.15, -0.1) is 13.2 Å². The standard InChI is InChI=1S/C40H60N2O10/c1-13-27(3)51-41-35(5,6)23-39(24-36(41,7)8)47-21-31(49-39)19-45-33(43)29-16-15-17-30(18-29)34(44)46-20-32-22-48-40(50-32)25-37(9,10)42(38(11,12)26-40)52-28(4)14-2/h13-18,27-28,31-32H,1-2,19-26H2,3-12H3. The molecule has 0 N–H and O–H groups in total. The van der Waals surface area contributed by atoms with E-state index in [9.17, 15) is 9.59 Å². The van der Waals surface area contributed by atoms with Gasteiger partial charge < -0.3 is 28.4 Å². The van der Waals surface area contributed by atoms with Crippen LogP contribution in [0.2, 0.25) is 0 Å². The fourth-order valence-corrected chi connectivity index (χ4v) is 8.72. The number of carbonyl (C=O) groups excluding carboxylic acids is 2. The predicted octanol–water partition coefficient (Wildman–Crippen LogP) is 6.54. The number of piperidine rings is 2. The SMILES string of the molecule is C=CC(C)ON1C(C)(C)CC2(CC1(C)C)OCC(COC(=O)c1cccc(C(=O)OCC3COC4(CC(C)(C)N(OC(C)C=C)C(C)(C)C4)O3)c1)O2. The average Bonchev–Trinajstić information content (AvgIpc) is 3.63. The smallest absolute Gasteiger partial charge is 0.338 e. The minimum absolute atomic E-state index is 0.00930. The van der Waals surface area contributed by atoms with Crippen molar-refractivity contribution in [3.63, 3.8) is 0 Å². The van der Waals surface area contributed by atoms with Crippen LogP contribution in [0, 0.1) is 0 Å². The van der Waals surface area contributed by atoms with Crippen LogP contribution in [0.1, 0.15) is 116 Å². The minimum Gasteiger partial charge on any atom is -0.459 e. The van der Waals surface area contributed by atoms with E-state index in [0.29, 0.717) is 38.9 Å². The van der Waals surface area contributed by atoms with Crippen LogP contribution >= 0.6 is 0 Å². The summed E-state index contributed by atoms with van der Waals surface area (Å²) < 4.78 is 36.7. The summed E-state index contributed by atoms with van der Waals surface area (Å²) in [5, 5.41) is 4.04. The van der Waals surface area contributed by atoms with E-state index in [2.05, 4.69) is 68.5 Å². The number of carbonyl (C=O) groups is 2. The fourth-order valence-electron chi connectivity index (χ4n) is 8.72. The normalized spacial score (nSPS) is 28.3. The molecule has 5 rings (SSSR count). The first kappa shape index (κ1) is 40.5. The van der Waals surface area contributed by atoms with Crippen LogP contribution in [0.5, 0.6) is 0 Å². The Bertz CT molecular complexity index is 1350. The number of esters is 2. The van der Waals surface area contributed by atoms with Crippen molar-refractivity contribution in [1.29, 1.82) is 0 Å². The maximum absolute atomic E-state index is 13.1. The van der Waals surface area contributed by atoms with Crippen LogP contribution in [-0.2, 0) is 38.1 Å². The van der Waals surface area contributed by atoms with Gasteiger partial charge in [-0.2, -0.15) is 10.1 Å². The summed E-state index contributed by atoms with van der Waals surface area (Å²) >= 11 is 0. The Hall–Kier alpha value is -2.68. The summed E-state index contributed by atoms with van der Waals surface area (Å²) in [6.07, 6.45) is 4.66. The third-order valence-corrected chi connectivity index (χ3v) is 10.2. The molecule has 290 valence electrons. The molecule has 4 atom stereocenters. The Kier molecular flexibility index (Phi) is 11.6. The van der Waals surface area contributed by atoms with E-state index in [1.54, 1.807) is 30.4 Å². The second kappa shape index (κ2) is 14.9. The van der Waals surface area contributed by atoms with Crippen molar-refractivity contribution in [3.05, 3.63) is 60.7 Å². The largest absolute Gasteiger partial charge is 0.459 e. The molecule has 4 saturated heterocycles. The molecule has 12 nitrogen and oxygen atoms in total. The number of rotatable bonds is 12. The molecule has 1 aromatic carbocycles. The number of nitrogens with zero attached hydrogens (tertiary/aromatic N) is 2. The van der Waals surface area contributed by atoms with Gasteiger partial charge in [0, 0.05) is 47.8 Å². The van der Waals surface area contributed by atoms with Crippen molar-refractivity contribution in [2.24, 2.45) is 0 Å².